The Labute approximate surface area is 328 Å². The van der Waals surface area contributed by atoms with E-state index in [4.69, 9.17) is 7.73 Å². The third-order valence-electron chi connectivity index (χ3n) is 9.89. The van der Waals surface area contributed by atoms with Crippen LogP contribution in [-0.4, -0.2) is 9.97 Å². The molecule has 0 atom stereocenters. The molecule has 2 heterocycles. The summed E-state index contributed by atoms with van der Waals surface area (Å²) in [4.78, 5) is 9.45. The third kappa shape index (κ3) is 8.07. The molecule has 259 valence electrons. The van der Waals surface area contributed by atoms with Gasteiger partial charge in [-0.25, -0.2) is 0 Å². The van der Waals surface area contributed by atoms with Gasteiger partial charge >= 0.3 is 0 Å². The number of pyridine rings is 2. The van der Waals surface area contributed by atoms with Crippen molar-refractivity contribution >= 4 is 0 Å². The van der Waals surface area contributed by atoms with Gasteiger partial charge in [0.15, 0.2) is 0 Å². The first-order valence-corrected chi connectivity index (χ1v) is 17.9. The molecular weight excluding hydrogens is 809 g/mol. The zero-order chi connectivity index (χ0) is 38.0. The van der Waals surface area contributed by atoms with Crippen LogP contribution in [0.5, 0.6) is 0 Å². The molecule has 0 spiro atoms. The molecule has 1 radical (unpaired) electrons. The van der Waals surface area contributed by atoms with Crippen molar-refractivity contribution in [3.05, 3.63) is 180 Å². The van der Waals surface area contributed by atoms with Crippen LogP contribution in [-0.2, 0) is 32.9 Å². The number of aromatic nitrogens is 2. The van der Waals surface area contributed by atoms with Crippen molar-refractivity contribution in [3.63, 3.8) is 0 Å². The van der Waals surface area contributed by atoms with Gasteiger partial charge in [-0.1, -0.05) is 110 Å². The normalized spacial score (nSPS) is 14.7. The maximum atomic E-state index is 9.29. The topological polar surface area (TPSA) is 25.8 Å². The zero-order valence-corrected chi connectivity index (χ0v) is 31.6. The second-order valence-electron chi connectivity index (χ2n) is 13.4. The first-order chi connectivity index (χ1) is 26.7. The Morgan fingerprint density at radius 2 is 1.25 bits per heavy atom. The summed E-state index contributed by atoms with van der Waals surface area (Å²) in [5, 5.41) is 0. The van der Waals surface area contributed by atoms with Crippen LogP contribution < -0.4 is 0 Å². The van der Waals surface area contributed by atoms with E-state index in [0.717, 1.165) is 55.8 Å². The van der Waals surface area contributed by atoms with Gasteiger partial charge in [-0.3, -0.25) is 0 Å². The fourth-order valence-electron chi connectivity index (χ4n) is 7.28. The first-order valence-electron chi connectivity index (χ1n) is 19.9. The summed E-state index contributed by atoms with van der Waals surface area (Å²) < 4.78 is 36.8. The minimum absolute atomic E-state index is 0. The molecule has 1 aliphatic rings. The number of benzene rings is 5. The molecule has 0 saturated heterocycles. The largest absolute Gasteiger partial charge is 0.304 e. The van der Waals surface area contributed by atoms with Crippen molar-refractivity contribution in [2.24, 2.45) is 0 Å². The number of aryl methyl sites for hydroxylation is 3. The standard InChI is InChI=1S/C49H42N2.Ir/c1-35-29-37(22-21-36-23-28-48(50-33-36)41-15-7-3-8-16-41)31-43(30-35)44-19-11-12-20-45(44)47-34-51-49(42-17-9-4-10-18-42)32-46(47)40-26-24-39(25-27-40)38-13-5-2-6-14-38;/h3-4,7-12,15,17,19-20,23-34,38H,2,5-6,13-14,21-22H2,1H3;/q-2;/i21D2,22D2;. The molecule has 3 heteroatoms. The van der Waals surface area contributed by atoms with E-state index in [2.05, 4.69) is 59.6 Å². The second-order valence-corrected chi connectivity index (χ2v) is 13.4. The van der Waals surface area contributed by atoms with Crippen molar-refractivity contribution in [3.8, 4) is 55.9 Å². The van der Waals surface area contributed by atoms with Gasteiger partial charge in [-0.2, -0.15) is 0 Å². The smallest absolute Gasteiger partial charge is 0.0320 e. The van der Waals surface area contributed by atoms with E-state index in [0.29, 0.717) is 11.6 Å². The molecule has 1 saturated carbocycles. The van der Waals surface area contributed by atoms with E-state index in [9.17, 15) is 2.74 Å². The maximum Gasteiger partial charge on any atom is 0.0320 e. The molecule has 52 heavy (non-hydrogen) atoms. The van der Waals surface area contributed by atoms with E-state index < -0.39 is 12.7 Å². The van der Waals surface area contributed by atoms with Crippen molar-refractivity contribution in [2.75, 3.05) is 0 Å². The van der Waals surface area contributed by atoms with Gasteiger partial charge in [0, 0.05) is 43.5 Å². The average molecular weight is 855 g/mol. The van der Waals surface area contributed by atoms with Crippen molar-refractivity contribution in [2.45, 2.75) is 57.7 Å². The van der Waals surface area contributed by atoms with Crippen LogP contribution in [0.1, 0.15) is 65.8 Å². The Bertz CT molecular complexity index is 2410. The van der Waals surface area contributed by atoms with Crippen LogP contribution in [0, 0.1) is 19.1 Å². The molecule has 2 nitrogen and oxygen atoms in total. The fourth-order valence-corrected chi connectivity index (χ4v) is 7.28. The van der Waals surface area contributed by atoms with Gasteiger partial charge in [0.1, 0.15) is 0 Å². The van der Waals surface area contributed by atoms with Crippen LogP contribution in [0.15, 0.2) is 146 Å². The SMILES string of the molecule is [2H]C([2H])(c1ccc(-c2[c-]cccc2)nc1)C([2H])([2H])c1cc(C)cc(-c2ccccc2-c2cnc(-c3[c-]cccc3)cc2-c2ccc(C3CCCCC3)cc2)c1.[Ir]. The summed E-state index contributed by atoms with van der Waals surface area (Å²) in [5.74, 6) is 0.612. The van der Waals surface area contributed by atoms with E-state index in [1.54, 1.807) is 30.3 Å². The monoisotopic (exact) mass is 855 g/mol. The van der Waals surface area contributed by atoms with Gasteiger partial charge < -0.3 is 9.97 Å². The predicted molar refractivity (Wildman–Crippen MR) is 211 cm³/mol. The number of nitrogens with zero attached hydrogens (tertiary/aromatic N) is 2. The second kappa shape index (κ2) is 16.6. The quantitative estimate of drug-likeness (QED) is 0.135. The van der Waals surface area contributed by atoms with Gasteiger partial charge in [0.25, 0.3) is 0 Å². The van der Waals surface area contributed by atoms with Gasteiger partial charge in [-0.05, 0) is 94.3 Å². The number of hydrogen-bond donors (Lipinski definition) is 0. The van der Waals surface area contributed by atoms with Crippen molar-refractivity contribution < 1.29 is 25.6 Å². The number of hydrogen-bond acceptors (Lipinski definition) is 2. The van der Waals surface area contributed by atoms with E-state index in [-0.39, 0.29) is 31.2 Å². The summed E-state index contributed by atoms with van der Waals surface area (Å²) in [6.45, 7) is 1.93. The van der Waals surface area contributed by atoms with Gasteiger partial charge in [-0.15, -0.1) is 71.8 Å². The molecule has 7 aromatic rings. The maximum absolute atomic E-state index is 9.29. The molecular formula is C49H42IrN2-2. The molecule has 1 aliphatic carbocycles. The zero-order valence-electron chi connectivity index (χ0n) is 33.2. The molecule has 0 aliphatic heterocycles. The Morgan fingerprint density at radius 1 is 0.577 bits per heavy atom. The van der Waals surface area contributed by atoms with Crippen LogP contribution in [0.3, 0.4) is 0 Å². The van der Waals surface area contributed by atoms with Crippen molar-refractivity contribution in [1.82, 2.24) is 9.97 Å². The third-order valence-corrected chi connectivity index (χ3v) is 9.89. The minimum atomic E-state index is -2.38. The molecule has 2 aromatic heterocycles. The molecule has 0 unspecified atom stereocenters. The van der Waals surface area contributed by atoms with E-state index >= 15 is 0 Å². The molecule has 0 amide bonds. The van der Waals surface area contributed by atoms with Crippen LogP contribution in [0.25, 0.3) is 55.9 Å². The molecule has 0 N–H and O–H groups in total. The van der Waals surface area contributed by atoms with Gasteiger partial charge in [0.2, 0.25) is 0 Å². The predicted octanol–water partition coefficient (Wildman–Crippen LogP) is 12.6. The summed E-state index contributed by atoms with van der Waals surface area (Å²) in [5.41, 5.74) is 11.7. The number of rotatable bonds is 9. The van der Waals surface area contributed by atoms with Crippen LogP contribution >= 0.6 is 0 Å². The minimum Gasteiger partial charge on any atom is -0.304 e. The molecule has 8 rings (SSSR count). The summed E-state index contributed by atoms with van der Waals surface area (Å²) >= 11 is 0. The van der Waals surface area contributed by atoms with Crippen LogP contribution in [0.2, 0.25) is 0 Å². The first kappa shape index (κ1) is 30.7. The Balaban J connectivity index is 0.00000480. The average Bonchev–Trinajstić information content (AvgIpc) is 3.24. The Morgan fingerprint density at radius 3 is 1.94 bits per heavy atom. The van der Waals surface area contributed by atoms with E-state index in [1.165, 1.54) is 43.9 Å². The fraction of sp³-hybridized carbons (Fsp3) is 0.184. The molecule has 1 fully saturated rings. The molecule has 5 aromatic carbocycles. The van der Waals surface area contributed by atoms with Gasteiger partial charge in [0.05, 0.1) is 0 Å². The Kier molecular flexibility index (Phi) is 9.78. The summed E-state index contributed by atoms with van der Waals surface area (Å²) in [6, 6.07) is 50.2. The van der Waals surface area contributed by atoms with Crippen LogP contribution in [0.4, 0.5) is 0 Å². The van der Waals surface area contributed by atoms with Crippen molar-refractivity contribution in [1.29, 1.82) is 0 Å². The molecule has 0 bridgehead atoms. The van der Waals surface area contributed by atoms with E-state index in [1.807, 2.05) is 73.8 Å². The Hall–Kier alpha value is -4.95. The summed E-state index contributed by atoms with van der Waals surface area (Å²) in [7, 11) is 0. The summed E-state index contributed by atoms with van der Waals surface area (Å²) in [6.07, 6.45) is 5.02.